The standard InChI is InChI=1S/C38H25NO6/c1-42-26-19-35(43-2)31-21-30(38(41)45-36(31)20-26)23-13-15-28-27-14-12-22(29-16-24-8-6-7-11-34(24)44-37(29)40)17-32(27)39(33(28)18-23)25-9-4-3-5-10-25/h3-21H,1-2H3. The Bertz CT molecular complexity index is 2560. The molecule has 3 heterocycles. The fourth-order valence-corrected chi connectivity index (χ4v) is 6.12. The Hall–Kier alpha value is -6.08. The molecule has 0 aliphatic heterocycles. The monoisotopic (exact) mass is 591 g/mol. The zero-order valence-electron chi connectivity index (χ0n) is 24.4. The third-order valence-corrected chi connectivity index (χ3v) is 8.29. The van der Waals surface area contributed by atoms with Gasteiger partial charge in [-0.05, 0) is 53.6 Å². The first kappa shape index (κ1) is 26.5. The fourth-order valence-electron chi connectivity index (χ4n) is 6.12. The zero-order chi connectivity index (χ0) is 30.7. The van der Waals surface area contributed by atoms with Crippen LogP contribution in [0, 0.1) is 0 Å². The van der Waals surface area contributed by atoms with Gasteiger partial charge in [-0.1, -0.05) is 60.7 Å². The molecule has 0 fully saturated rings. The van der Waals surface area contributed by atoms with Crippen LogP contribution in [0.15, 0.2) is 134 Å². The smallest absolute Gasteiger partial charge is 0.344 e. The van der Waals surface area contributed by atoms with Crippen LogP contribution in [-0.4, -0.2) is 18.8 Å². The summed E-state index contributed by atoms with van der Waals surface area (Å²) >= 11 is 0. The predicted octanol–water partition coefficient (Wildman–Crippen LogP) is 8.35. The minimum Gasteiger partial charge on any atom is -0.496 e. The SMILES string of the molecule is COc1cc(OC)c2cc(-c3ccc4c5ccc(-c6cc7ccccc7oc6=O)cc5n(-c5ccccc5)c4c3)c(=O)oc2c1. The molecule has 0 saturated carbocycles. The molecule has 0 radical (unpaired) electrons. The highest BCUT2D eigenvalue weighted by Crippen LogP contribution is 2.38. The Morgan fingerprint density at radius 2 is 1.18 bits per heavy atom. The molecule has 5 aromatic carbocycles. The first-order valence-corrected chi connectivity index (χ1v) is 14.4. The third kappa shape index (κ3) is 4.28. The number of fused-ring (bicyclic) bond motifs is 5. The summed E-state index contributed by atoms with van der Waals surface area (Å²) in [6.07, 6.45) is 0. The van der Waals surface area contributed by atoms with Crippen LogP contribution in [0.5, 0.6) is 11.5 Å². The lowest BCUT2D eigenvalue weighted by atomic mass is 10.0. The van der Waals surface area contributed by atoms with Crippen molar-refractivity contribution in [3.63, 3.8) is 0 Å². The van der Waals surface area contributed by atoms with Crippen LogP contribution < -0.4 is 20.7 Å². The van der Waals surface area contributed by atoms with Crippen molar-refractivity contribution in [1.29, 1.82) is 0 Å². The van der Waals surface area contributed by atoms with Crippen LogP contribution >= 0.6 is 0 Å². The van der Waals surface area contributed by atoms with Crippen LogP contribution in [0.3, 0.4) is 0 Å². The van der Waals surface area contributed by atoms with Gasteiger partial charge in [0.25, 0.3) is 0 Å². The molecular weight excluding hydrogens is 566 g/mol. The van der Waals surface area contributed by atoms with E-state index in [0.717, 1.165) is 38.4 Å². The largest absolute Gasteiger partial charge is 0.496 e. The Morgan fingerprint density at radius 3 is 1.84 bits per heavy atom. The maximum absolute atomic E-state index is 13.3. The van der Waals surface area contributed by atoms with Crippen molar-refractivity contribution < 1.29 is 18.3 Å². The molecule has 0 atom stereocenters. The molecule has 218 valence electrons. The van der Waals surface area contributed by atoms with Gasteiger partial charge in [0.1, 0.15) is 22.7 Å². The topological polar surface area (TPSA) is 83.8 Å². The highest BCUT2D eigenvalue weighted by Gasteiger charge is 2.18. The Labute approximate surface area is 256 Å². The lowest BCUT2D eigenvalue weighted by molar-refractivity contribution is 0.396. The molecule has 0 aliphatic carbocycles. The van der Waals surface area contributed by atoms with Crippen molar-refractivity contribution >= 4 is 43.7 Å². The van der Waals surface area contributed by atoms with Gasteiger partial charge in [-0.15, -0.1) is 0 Å². The molecule has 0 bridgehead atoms. The average Bonchev–Trinajstić information content (AvgIpc) is 3.40. The molecule has 7 nitrogen and oxygen atoms in total. The van der Waals surface area contributed by atoms with E-state index < -0.39 is 11.3 Å². The van der Waals surface area contributed by atoms with E-state index in [9.17, 15) is 9.59 Å². The minimum absolute atomic E-state index is 0.380. The van der Waals surface area contributed by atoms with Gasteiger partial charge in [-0.25, -0.2) is 9.59 Å². The second-order valence-corrected chi connectivity index (χ2v) is 10.8. The van der Waals surface area contributed by atoms with Crippen molar-refractivity contribution in [1.82, 2.24) is 4.57 Å². The van der Waals surface area contributed by atoms with Crippen molar-refractivity contribution in [2.45, 2.75) is 0 Å². The van der Waals surface area contributed by atoms with Gasteiger partial charge in [0, 0.05) is 34.0 Å². The predicted molar refractivity (Wildman–Crippen MR) is 177 cm³/mol. The number of benzene rings is 5. The quantitative estimate of drug-likeness (QED) is 0.187. The number of rotatable bonds is 5. The summed E-state index contributed by atoms with van der Waals surface area (Å²) in [5.74, 6) is 1.07. The minimum atomic E-state index is -0.468. The summed E-state index contributed by atoms with van der Waals surface area (Å²) in [5, 5.41) is 3.52. The summed E-state index contributed by atoms with van der Waals surface area (Å²) in [7, 11) is 3.12. The summed E-state index contributed by atoms with van der Waals surface area (Å²) in [6, 6.07) is 36.5. The second-order valence-electron chi connectivity index (χ2n) is 10.8. The molecule has 0 amide bonds. The van der Waals surface area contributed by atoms with E-state index in [-0.39, 0.29) is 0 Å². The van der Waals surface area contributed by atoms with Gasteiger partial charge < -0.3 is 22.9 Å². The number of hydrogen-bond donors (Lipinski definition) is 0. The van der Waals surface area contributed by atoms with E-state index in [1.54, 1.807) is 38.5 Å². The number of methoxy groups -OCH3 is 2. The van der Waals surface area contributed by atoms with Gasteiger partial charge in [0.2, 0.25) is 0 Å². The molecule has 3 aromatic heterocycles. The lowest BCUT2D eigenvalue weighted by Gasteiger charge is -2.11. The number of para-hydroxylation sites is 2. The van der Waals surface area contributed by atoms with Crippen molar-refractivity contribution in [2.75, 3.05) is 14.2 Å². The molecule has 0 unspecified atom stereocenters. The molecule has 7 heteroatoms. The number of ether oxygens (including phenoxy) is 2. The highest BCUT2D eigenvalue weighted by atomic mass is 16.5. The van der Waals surface area contributed by atoms with Gasteiger partial charge >= 0.3 is 11.3 Å². The van der Waals surface area contributed by atoms with Gasteiger partial charge in [-0.2, -0.15) is 0 Å². The van der Waals surface area contributed by atoms with Crippen LogP contribution in [0.25, 0.3) is 71.7 Å². The summed E-state index contributed by atoms with van der Waals surface area (Å²) in [6.45, 7) is 0. The second kappa shape index (κ2) is 10.3. The maximum Gasteiger partial charge on any atom is 0.344 e. The van der Waals surface area contributed by atoms with E-state index in [1.807, 2.05) is 91.0 Å². The zero-order valence-corrected chi connectivity index (χ0v) is 24.4. The van der Waals surface area contributed by atoms with E-state index in [2.05, 4.69) is 4.57 Å². The normalized spacial score (nSPS) is 11.5. The molecule has 0 spiro atoms. The Morgan fingerprint density at radius 1 is 0.556 bits per heavy atom. The molecular formula is C38H25NO6. The molecule has 8 aromatic rings. The average molecular weight is 592 g/mol. The third-order valence-electron chi connectivity index (χ3n) is 8.29. The van der Waals surface area contributed by atoms with E-state index in [4.69, 9.17) is 18.3 Å². The van der Waals surface area contributed by atoms with Crippen molar-refractivity contribution in [3.05, 3.63) is 136 Å². The molecule has 45 heavy (non-hydrogen) atoms. The molecule has 0 N–H and O–H groups in total. The first-order chi connectivity index (χ1) is 22.0. The van der Waals surface area contributed by atoms with Gasteiger partial charge in [0.15, 0.2) is 0 Å². The summed E-state index contributed by atoms with van der Waals surface area (Å²) in [4.78, 5) is 26.4. The van der Waals surface area contributed by atoms with Gasteiger partial charge in [-0.3, -0.25) is 0 Å². The Balaban J connectivity index is 1.38. The molecule has 8 rings (SSSR count). The molecule has 0 aliphatic rings. The van der Waals surface area contributed by atoms with Crippen LogP contribution in [0.2, 0.25) is 0 Å². The number of aromatic nitrogens is 1. The summed E-state index contributed by atoms with van der Waals surface area (Å²) < 4.78 is 24.5. The highest BCUT2D eigenvalue weighted by molar-refractivity contribution is 6.11. The van der Waals surface area contributed by atoms with E-state index in [0.29, 0.717) is 44.7 Å². The van der Waals surface area contributed by atoms with Crippen molar-refractivity contribution in [2.24, 2.45) is 0 Å². The number of nitrogens with zero attached hydrogens (tertiary/aromatic N) is 1. The van der Waals surface area contributed by atoms with Crippen molar-refractivity contribution in [3.8, 4) is 39.4 Å². The fraction of sp³-hybridized carbons (Fsp3) is 0.0526. The van der Waals surface area contributed by atoms with E-state index >= 15 is 0 Å². The molecule has 0 saturated heterocycles. The Kier molecular flexibility index (Phi) is 6.06. The van der Waals surface area contributed by atoms with Crippen LogP contribution in [-0.2, 0) is 0 Å². The first-order valence-electron chi connectivity index (χ1n) is 14.4. The summed E-state index contributed by atoms with van der Waals surface area (Å²) in [5.41, 5.74) is 5.17. The maximum atomic E-state index is 13.3. The number of hydrogen-bond acceptors (Lipinski definition) is 6. The lowest BCUT2D eigenvalue weighted by Crippen LogP contribution is -2.04. The van der Waals surface area contributed by atoms with Crippen LogP contribution in [0.4, 0.5) is 0 Å². The van der Waals surface area contributed by atoms with Crippen LogP contribution in [0.1, 0.15) is 0 Å². The van der Waals surface area contributed by atoms with Gasteiger partial charge in [0.05, 0.1) is 41.8 Å². The van der Waals surface area contributed by atoms with E-state index in [1.165, 1.54) is 0 Å².